The number of ether oxygens (including phenoxy) is 2. The highest BCUT2D eigenvalue weighted by molar-refractivity contribution is 6.11. The number of para-hydroxylation sites is 1. The molecule has 2 aromatic carbocycles. The number of nitro groups is 1. The van der Waals surface area contributed by atoms with Crippen molar-refractivity contribution in [3.63, 3.8) is 0 Å². The Labute approximate surface area is 155 Å². The number of nitrogens with zero attached hydrogens (tertiary/aromatic N) is 1. The van der Waals surface area contributed by atoms with E-state index in [0.29, 0.717) is 5.69 Å². The van der Waals surface area contributed by atoms with E-state index in [1.807, 2.05) is 32.0 Å². The Morgan fingerprint density at radius 1 is 1.04 bits per heavy atom. The Kier molecular flexibility index (Phi) is 5.96. The maximum absolute atomic E-state index is 12.6. The van der Waals surface area contributed by atoms with Gasteiger partial charge < -0.3 is 14.8 Å². The molecule has 27 heavy (non-hydrogen) atoms. The molecule has 9 nitrogen and oxygen atoms in total. The van der Waals surface area contributed by atoms with Gasteiger partial charge in [-0.1, -0.05) is 18.2 Å². The fourth-order valence-corrected chi connectivity index (χ4v) is 2.61. The molecule has 0 saturated carbocycles. The molecule has 3 amide bonds. The van der Waals surface area contributed by atoms with Gasteiger partial charge in [0.15, 0.2) is 0 Å². The lowest BCUT2D eigenvalue weighted by molar-refractivity contribution is -0.385. The first-order valence-corrected chi connectivity index (χ1v) is 7.88. The zero-order chi connectivity index (χ0) is 20.1. The summed E-state index contributed by atoms with van der Waals surface area (Å²) in [4.78, 5) is 35.3. The SMILES string of the molecule is COc1ccc([N+](=O)[O-])c(OC)c1C(=O)NC(=O)Nc1c(C)cccc1C. The van der Waals surface area contributed by atoms with Gasteiger partial charge in [-0.3, -0.25) is 20.2 Å². The maximum atomic E-state index is 12.6. The Balaban J connectivity index is 2.33. The molecule has 0 aromatic heterocycles. The number of imide groups is 1. The van der Waals surface area contributed by atoms with Crippen LogP contribution < -0.4 is 20.1 Å². The van der Waals surface area contributed by atoms with Crippen molar-refractivity contribution in [2.75, 3.05) is 19.5 Å². The lowest BCUT2D eigenvalue weighted by atomic mass is 10.1. The van der Waals surface area contributed by atoms with Crippen LogP contribution in [0.2, 0.25) is 0 Å². The first-order valence-electron chi connectivity index (χ1n) is 7.88. The molecule has 2 rings (SSSR count). The van der Waals surface area contributed by atoms with Crippen LogP contribution in [0, 0.1) is 24.0 Å². The van der Waals surface area contributed by atoms with Crippen molar-refractivity contribution in [2.45, 2.75) is 13.8 Å². The molecule has 9 heteroatoms. The van der Waals surface area contributed by atoms with Gasteiger partial charge in [-0.2, -0.15) is 0 Å². The van der Waals surface area contributed by atoms with Crippen molar-refractivity contribution in [1.29, 1.82) is 0 Å². The number of nitro benzene ring substituents is 1. The minimum absolute atomic E-state index is 0.0369. The lowest BCUT2D eigenvalue weighted by Gasteiger charge is -2.14. The van der Waals surface area contributed by atoms with Gasteiger partial charge in [0.1, 0.15) is 11.3 Å². The number of methoxy groups -OCH3 is 2. The van der Waals surface area contributed by atoms with Crippen molar-refractivity contribution < 1.29 is 24.0 Å². The maximum Gasteiger partial charge on any atom is 0.326 e. The number of hydrogen-bond donors (Lipinski definition) is 2. The van der Waals surface area contributed by atoms with Crippen LogP contribution in [-0.4, -0.2) is 31.1 Å². The van der Waals surface area contributed by atoms with Gasteiger partial charge in [-0.05, 0) is 31.0 Å². The van der Waals surface area contributed by atoms with E-state index in [4.69, 9.17) is 9.47 Å². The summed E-state index contributed by atoms with van der Waals surface area (Å²) in [5, 5.41) is 15.9. The number of rotatable bonds is 5. The number of nitrogens with one attached hydrogen (secondary N) is 2. The van der Waals surface area contributed by atoms with Crippen molar-refractivity contribution in [2.24, 2.45) is 0 Å². The number of hydrogen-bond acceptors (Lipinski definition) is 6. The van der Waals surface area contributed by atoms with Gasteiger partial charge in [0.2, 0.25) is 5.75 Å². The van der Waals surface area contributed by atoms with E-state index in [2.05, 4.69) is 10.6 Å². The second-order valence-corrected chi connectivity index (χ2v) is 5.63. The highest BCUT2D eigenvalue weighted by atomic mass is 16.6. The molecular weight excluding hydrogens is 354 g/mol. The molecule has 2 N–H and O–H groups in total. The molecule has 0 bridgehead atoms. The molecule has 2 aromatic rings. The third kappa shape index (κ3) is 4.14. The van der Waals surface area contributed by atoms with E-state index >= 15 is 0 Å². The minimum Gasteiger partial charge on any atom is -0.496 e. The number of aryl methyl sites for hydroxylation is 2. The van der Waals surface area contributed by atoms with E-state index in [1.54, 1.807) is 0 Å². The van der Waals surface area contributed by atoms with Crippen molar-refractivity contribution in [3.05, 3.63) is 57.1 Å². The summed E-state index contributed by atoms with van der Waals surface area (Å²) in [6.07, 6.45) is 0. The van der Waals surface area contributed by atoms with Crippen LogP contribution in [0.4, 0.5) is 16.2 Å². The van der Waals surface area contributed by atoms with Crippen LogP contribution in [0.15, 0.2) is 30.3 Å². The summed E-state index contributed by atoms with van der Waals surface area (Å²) in [6.45, 7) is 3.63. The highest BCUT2D eigenvalue weighted by Crippen LogP contribution is 2.37. The molecular formula is C18H19N3O6. The average Bonchev–Trinajstić information content (AvgIpc) is 2.63. The zero-order valence-corrected chi connectivity index (χ0v) is 15.3. The van der Waals surface area contributed by atoms with Crippen LogP contribution >= 0.6 is 0 Å². The average molecular weight is 373 g/mol. The van der Waals surface area contributed by atoms with E-state index < -0.39 is 22.5 Å². The molecule has 0 heterocycles. The molecule has 0 fully saturated rings. The fourth-order valence-electron chi connectivity index (χ4n) is 2.61. The Bertz CT molecular complexity index is 890. The first kappa shape index (κ1) is 19.7. The number of amides is 3. The number of urea groups is 1. The van der Waals surface area contributed by atoms with Gasteiger partial charge >= 0.3 is 11.7 Å². The molecule has 0 aliphatic carbocycles. The number of carbonyl (C=O) groups excluding carboxylic acids is 2. The van der Waals surface area contributed by atoms with Crippen LogP contribution in [0.3, 0.4) is 0 Å². The minimum atomic E-state index is -0.892. The molecule has 0 radical (unpaired) electrons. The number of benzene rings is 2. The summed E-state index contributed by atoms with van der Waals surface area (Å²) >= 11 is 0. The van der Waals surface area contributed by atoms with E-state index in [-0.39, 0.29) is 17.1 Å². The normalized spacial score (nSPS) is 10.1. The molecule has 142 valence electrons. The lowest BCUT2D eigenvalue weighted by Crippen LogP contribution is -2.35. The third-order valence-corrected chi connectivity index (χ3v) is 3.89. The van der Waals surface area contributed by atoms with Crippen molar-refractivity contribution in [3.8, 4) is 11.5 Å². The quantitative estimate of drug-likeness (QED) is 0.613. The van der Waals surface area contributed by atoms with Crippen molar-refractivity contribution in [1.82, 2.24) is 5.32 Å². The largest absolute Gasteiger partial charge is 0.496 e. The fraction of sp³-hybridized carbons (Fsp3) is 0.222. The molecule has 0 saturated heterocycles. The van der Waals surface area contributed by atoms with Crippen LogP contribution in [0.5, 0.6) is 11.5 Å². The summed E-state index contributed by atoms with van der Waals surface area (Å²) in [5.41, 5.74) is 1.55. The van der Waals surface area contributed by atoms with E-state index in [9.17, 15) is 19.7 Å². The van der Waals surface area contributed by atoms with Crippen LogP contribution in [-0.2, 0) is 0 Å². The molecule has 0 spiro atoms. The van der Waals surface area contributed by atoms with E-state index in [1.165, 1.54) is 20.3 Å². The summed E-state index contributed by atoms with van der Waals surface area (Å²) in [7, 11) is 2.49. The molecule has 0 atom stereocenters. The Morgan fingerprint density at radius 3 is 2.19 bits per heavy atom. The smallest absolute Gasteiger partial charge is 0.326 e. The van der Waals surface area contributed by atoms with Crippen LogP contribution in [0.25, 0.3) is 0 Å². The van der Waals surface area contributed by atoms with Gasteiger partial charge in [-0.15, -0.1) is 0 Å². The number of carbonyl (C=O) groups is 2. The molecule has 0 aliphatic heterocycles. The second-order valence-electron chi connectivity index (χ2n) is 5.63. The highest BCUT2D eigenvalue weighted by Gasteiger charge is 2.28. The van der Waals surface area contributed by atoms with Crippen LogP contribution in [0.1, 0.15) is 21.5 Å². The monoisotopic (exact) mass is 373 g/mol. The summed E-state index contributed by atoms with van der Waals surface area (Å²) < 4.78 is 10.1. The standard InChI is InChI=1S/C18H19N3O6/c1-10-6-5-7-11(2)15(10)19-18(23)20-17(22)14-13(26-3)9-8-12(21(24)25)16(14)27-4/h5-9H,1-4H3,(H2,19,20,22,23). The number of anilines is 1. The second kappa shape index (κ2) is 8.17. The molecule has 0 unspecified atom stereocenters. The Morgan fingerprint density at radius 2 is 1.67 bits per heavy atom. The van der Waals surface area contributed by atoms with Gasteiger partial charge in [0, 0.05) is 11.8 Å². The first-order chi connectivity index (χ1) is 12.8. The summed E-state index contributed by atoms with van der Waals surface area (Å²) in [6, 6.07) is 7.11. The zero-order valence-electron chi connectivity index (χ0n) is 15.3. The predicted octanol–water partition coefficient (Wildman–Crippen LogP) is 3.19. The Hall–Kier alpha value is -3.62. The predicted molar refractivity (Wildman–Crippen MR) is 98.6 cm³/mol. The van der Waals surface area contributed by atoms with Gasteiger partial charge in [0.25, 0.3) is 5.91 Å². The molecule has 0 aliphatic rings. The summed E-state index contributed by atoms with van der Waals surface area (Å²) in [5.74, 6) is -1.15. The topological polar surface area (TPSA) is 120 Å². The van der Waals surface area contributed by atoms with Gasteiger partial charge in [-0.25, -0.2) is 4.79 Å². The van der Waals surface area contributed by atoms with Crippen molar-refractivity contribution >= 4 is 23.3 Å². The van der Waals surface area contributed by atoms with Gasteiger partial charge in [0.05, 0.1) is 19.1 Å². The van der Waals surface area contributed by atoms with E-state index in [0.717, 1.165) is 17.2 Å². The third-order valence-electron chi connectivity index (χ3n) is 3.89.